The van der Waals surface area contributed by atoms with Crippen LogP contribution in [0, 0.1) is 0 Å². The van der Waals surface area contributed by atoms with Gasteiger partial charge >= 0.3 is 0 Å². The van der Waals surface area contributed by atoms with E-state index in [2.05, 4.69) is 20.9 Å². The van der Waals surface area contributed by atoms with Crippen LogP contribution in [0.15, 0.2) is 6.20 Å². The quantitative estimate of drug-likeness (QED) is 0.839. The van der Waals surface area contributed by atoms with Crippen molar-refractivity contribution in [3.05, 3.63) is 22.3 Å². The molecule has 0 atom stereocenters. The summed E-state index contributed by atoms with van der Waals surface area (Å²) in [7, 11) is 0. The van der Waals surface area contributed by atoms with E-state index in [0.717, 1.165) is 6.20 Å². The zero-order valence-electron chi connectivity index (χ0n) is 6.40. The molecule has 0 fully saturated rings. The molecule has 1 rings (SSSR count). The molecule has 0 radical (unpaired) electrons. The number of hydrogen-bond donors (Lipinski definition) is 1. The molecule has 2 nitrogen and oxygen atoms in total. The first-order chi connectivity index (χ1) is 6.07. The van der Waals surface area contributed by atoms with Gasteiger partial charge in [-0.2, -0.15) is 0 Å². The van der Waals surface area contributed by atoms with E-state index in [-0.39, 0.29) is 16.4 Å². The van der Waals surface area contributed by atoms with E-state index in [1.165, 1.54) is 0 Å². The monoisotopic (exact) mass is 270 g/mol. The van der Waals surface area contributed by atoms with E-state index < -0.39 is 6.43 Å². The van der Waals surface area contributed by atoms with Gasteiger partial charge in [0.25, 0.3) is 6.43 Å². The molecule has 1 aromatic heterocycles. The molecule has 0 aliphatic carbocycles. The zero-order valence-corrected chi connectivity index (χ0v) is 8.74. The molecular weight excluding hydrogens is 265 g/mol. The van der Waals surface area contributed by atoms with E-state index in [9.17, 15) is 8.78 Å². The molecule has 0 saturated heterocycles. The molecule has 0 bridgehead atoms. The lowest BCUT2D eigenvalue weighted by Gasteiger charge is -2.08. The number of halogens is 4. The summed E-state index contributed by atoms with van der Waals surface area (Å²) in [6.45, 7) is 0. The topological polar surface area (TPSA) is 38.9 Å². The fourth-order valence-electron chi connectivity index (χ4n) is 0.840. The Morgan fingerprint density at radius 2 is 2.23 bits per heavy atom. The first-order valence-electron chi connectivity index (χ1n) is 3.34. The third kappa shape index (κ3) is 2.08. The Morgan fingerprint density at radius 3 is 2.69 bits per heavy atom. The summed E-state index contributed by atoms with van der Waals surface area (Å²) in [6.07, 6.45) is -1.63. The molecule has 1 aromatic rings. The molecule has 1 heterocycles. The Hall–Kier alpha value is -0.420. The maximum atomic E-state index is 12.3. The van der Waals surface area contributed by atoms with Crippen molar-refractivity contribution >= 4 is 33.3 Å². The molecule has 0 unspecified atom stereocenters. The highest BCUT2D eigenvalue weighted by Crippen LogP contribution is 2.32. The van der Waals surface area contributed by atoms with Gasteiger partial charge in [-0.1, -0.05) is 27.5 Å². The van der Waals surface area contributed by atoms with Crippen molar-refractivity contribution < 1.29 is 8.78 Å². The Kier molecular flexibility index (Phi) is 3.44. The molecule has 2 N–H and O–H groups in total. The molecule has 13 heavy (non-hydrogen) atoms. The van der Waals surface area contributed by atoms with Crippen LogP contribution < -0.4 is 5.73 Å². The number of nitrogens with two attached hydrogens (primary N) is 1. The van der Waals surface area contributed by atoms with Crippen molar-refractivity contribution in [3.63, 3.8) is 0 Å². The van der Waals surface area contributed by atoms with Crippen LogP contribution >= 0.6 is 27.5 Å². The van der Waals surface area contributed by atoms with E-state index in [4.69, 9.17) is 17.3 Å². The highest BCUT2D eigenvalue weighted by Gasteiger charge is 2.16. The molecule has 6 heteroatoms. The summed E-state index contributed by atoms with van der Waals surface area (Å²) in [6, 6.07) is 0. The molecule has 72 valence electrons. The first kappa shape index (κ1) is 10.7. The van der Waals surface area contributed by atoms with Gasteiger partial charge in [-0.05, 0) is 0 Å². The Labute approximate surface area is 87.2 Å². The molecule has 0 saturated carbocycles. The van der Waals surface area contributed by atoms with Crippen LogP contribution in [0.4, 0.5) is 14.6 Å². The average molecular weight is 271 g/mol. The number of nitrogen functional groups attached to an aromatic ring is 1. The van der Waals surface area contributed by atoms with Gasteiger partial charge in [0.2, 0.25) is 0 Å². The lowest BCUT2D eigenvalue weighted by atomic mass is 10.2. The lowest BCUT2D eigenvalue weighted by molar-refractivity contribution is 0.151. The lowest BCUT2D eigenvalue weighted by Crippen LogP contribution is -2.00. The second-order valence-electron chi connectivity index (χ2n) is 2.33. The summed E-state index contributed by atoms with van der Waals surface area (Å²) in [5, 5.41) is 0.296. The number of aromatic nitrogens is 1. The second-order valence-corrected chi connectivity index (χ2v) is 3.26. The van der Waals surface area contributed by atoms with Gasteiger partial charge in [0.05, 0.1) is 10.6 Å². The van der Waals surface area contributed by atoms with Crippen LogP contribution in [-0.4, -0.2) is 4.98 Å². The molecule has 0 aliphatic rings. The van der Waals surface area contributed by atoms with Crippen LogP contribution in [-0.2, 0) is 5.33 Å². The smallest absolute Gasteiger partial charge is 0.266 e. The Morgan fingerprint density at radius 1 is 1.62 bits per heavy atom. The van der Waals surface area contributed by atoms with Gasteiger partial charge in [0.1, 0.15) is 5.82 Å². The van der Waals surface area contributed by atoms with E-state index >= 15 is 0 Å². The zero-order chi connectivity index (χ0) is 10.0. The standard InChI is InChI=1S/C7H6BrClF2N2/c8-1-3-5(9)4(6(10)11)2-13-7(3)12/h2,6H,1H2,(H2,12,13). The summed E-state index contributed by atoms with van der Waals surface area (Å²) >= 11 is 8.77. The SMILES string of the molecule is Nc1ncc(C(F)F)c(Cl)c1CBr. The largest absolute Gasteiger partial charge is 0.383 e. The van der Waals surface area contributed by atoms with Crippen molar-refractivity contribution in [3.8, 4) is 0 Å². The molecule has 0 aliphatic heterocycles. The summed E-state index contributed by atoms with van der Waals surface area (Å²) in [5.41, 5.74) is 5.55. The predicted molar refractivity (Wildman–Crippen MR) is 51.2 cm³/mol. The number of anilines is 1. The van der Waals surface area contributed by atoms with Gasteiger partial charge in [-0.3, -0.25) is 0 Å². The maximum absolute atomic E-state index is 12.3. The number of pyridine rings is 1. The van der Waals surface area contributed by atoms with Crippen LogP contribution in [0.3, 0.4) is 0 Å². The predicted octanol–water partition coefficient (Wildman–Crippen LogP) is 3.15. The summed E-state index contributed by atoms with van der Waals surface area (Å²) in [5.74, 6) is 0.172. The molecule has 0 amide bonds. The fourth-order valence-corrected chi connectivity index (χ4v) is 1.86. The first-order valence-corrected chi connectivity index (χ1v) is 4.84. The minimum Gasteiger partial charge on any atom is -0.383 e. The minimum absolute atomic E-state index is 0.0145. The van der Waals surface area contributed by atoms with Gasteiger partial charge in [-0.15, -0.1) is 0 Å². The van der Waals surface area contributed by atoms with Gasteiger partial charge < -0.3 is 5.73 Å². The van der Waals surface area contributed by atoms with E-state index in [1.54, 1.807) is 0 Å². The van der Waals surface area contributed by atoms with Crippen LogP contribution in [0.25, 0.3) is 0 Å². The number of nitrogens with zero attached hydrogens (tertiary/aromatic N) is 1. The highest BCUT2D eigenvalue weighted by molar-refractivity contribution is 9.08. The third-order valence-corrected chi connectivity index (χ3v) is 2.55. The van der Waals surface area contributed by atoms with Gasteiger partial charge in [0.15, 0.2) is 0 Å². The number of hydrogen-bond acceptors (Lipinski definition) is 2. The van der Waals surface area contributed by atoms with Gasteiger partial charge in [-0.25, -0.2) is 13.8 Å². The minimum atomic E-state index is -2.63. The van der Waals surface area contributed by atoms with Crippen LogP contribution in [0.1, 0.15) is 17.6 Å². The number of rotatable bonds is 2. The van der Waals surface area contributed by atoms with Crippen molar-refractivity contribution in [2.24, 2.45) is 0 Å². The molecule has 0 aromatic carbocycles. The van der Waals surface area contributed by atoms with Crippen molar-refractivity contribution in [2.75, 3.05) is 5.73 Å². The maximum Gasteiger partial charge on any atom is 0.266 e. The molecular formula is C7H6BrClF2N2. The average Bonchev–Trinajstić information content (AvgIpc) is 2.04. The summed E-state index contributed by atoms with van der Waals surface area (Å²) < 4.78 is 24.6. The summed E-state index contributed by atoms with van der Waals surface area (Å²) in [4.78, 5) is 3.62. The van der Waals surface area contributed by atoms with Crippen LogP contribution in [0.2, 0.25) is 5.02 Å². The van der Waals surface area contributed by atoms with E-state index in [0.29, 0.717) is 10.9 Å². The second kappa shape index (κ2) is 4.19. The third-order valence-electron chi connectivity index (χ3n) is 1.54. The Balaban J connectivity index is 3.27. The van der Waals surface area contributed by atoms with Gasteiger partial charge in [0, 0.05) is 17.1 Å². The van der Waals surface area contributed by atoms with Crippen molar-refractivity contribution in [1.29, 1.82) is 0 Å². The molecule has 0 spiro atoms. The fraction of sp³-hybridized carbons (Fsp3) is 0.286. The number of alkyl halides is 3. The van der Waals surface area contributed by atoms with Crippen molar-refractivity contribution in [2.45, 2.75) is 11.8 Å². The van der Waals surface area contributed by atoms with Crippen molar-refractivity contribution in [1.82, 2.24) is 4.98 Å². The van der Waals surface area contributed by atoms with Crippen LogP contribution in [0.5, 0.6) is 0 Å². The Bertz CT molecular complexity index is 320. The van der Waals surface area contributed by atoms with E-state index in [1.807, 2.05) is 0 Å². The highest BCUT2D eigenvalue weighted by atomic mass is 79.9. The normalized spacial score (nSPS) is 10.8.